The number of aromatic nitrogens is 1. The second kappa shape index (κ2) is 10.4. The van der Waals surface area contributed by atoms with Crippen LogP contribution in [0.2, 0.25) is 0 Å². The molecule has 1 amide bonds. The highest BCUT2D eigenvalue weighted by Crippen LogP contribution is 2.39. The zero-order chi connectivity index (χ0) is 24.1. The molecule has 2 aliphatic rings. The largest absolute Gasteiger partial charge is 0.493 e. The maximum atomic E-state index is 13.5. The van der Waals surface area contributed by atoms with Crippen molar-refractivity contribution in [2.75, 3.05) is 26.8 Å². The third-order valence-corrected chi connectivity index (χ3v) is 6.70. The Bertz CT molecular complexity index is 1130. The Morgan fingerprint density at radius 3 is 2.60 bits per heavy atom. The summed E-state index contributed by atoms with van der Waals surface area (Å²) in [4.78, 5) is 19.7. The summed E-state index contributed by atoms with van der Waals surface area (Å²) >= 11 is 0. The number of pyridine rings is 1. The summed E-state index contributed by atoms with van der Waals surface area (Å²) in [6, 6.07) is 20.9. The fourth-order valence-corrected chi connectivity index (χ4v) is 4.83. The Hall–Kier alpha value is -3.58. The molecular weight excluding hydrogens is 444 g/mol. The van der Waals surface area contributed by atoms with E-state index >= 15 is 0 Å². The number of rotatable bonds is 7. The normalized spacial score (nSPS) is 18.9. The van der Waals surface area contributed by atoms with E-state index in [2.05, 4.69) is 4.98 Å². The Labute approximate surface area is 205 Å². The van der Waals surface area contributed by atoms with Crippen molar-refractivity contribution in [1.29, 1.82) is 0 Å². The van der Waals surface area contributed by atoms with E-state index in [1.165, 1.54) is 0 Å². The van der Waals surface area contributed by atoms with Gasteiger partial charge in [-0.1, -0.05) is 30.3 Å². The summed E-state index contributed by atoms with van der Waals surface area (Å²) in [5.41, 5.74) is 1.04. The quantitative estimate of drug-likeness (QED) is 0.502. The molecule has 0 saturated carbocycles. The predicted octanol–water partition coefficient (Wildman–Crippen LogP) is 4.51. The summed E-state index contributed by atoms with van der Waals surface area (Å²) in [5, 5.41) is 0. The van der Waals surface area contributed by atoms with E-state index in [1.54, 1.807) is 25.4 Å². The van der Waals surface area contributed by atoms with Crippen molar-refractivity contribution < 1.29 is 23.7 Å². The monoisotopic (exact) mass is 474 g/mol. The molecule has 0 unspecified atom stereocenters. The van der Waals surface area contributed by atoms with Gasteiger partial charge in [-0.3, -0.25) is 9.78 Å². The number of carbonyl (C=O) groups is 1. The van der Waals surface area contributed by atoms with Gasteiger partial charge in [-0.15, -0.1) is 0 Å². The fraction of sp³-hybridized carbons (Fsp3) is 0.357. The van der Waals surface area contributed by atoms with E-state index in [0.717, 1.165) is 30.7 Å². The topological polar surface area (TPSA) is 70.1 Å². The Kier molecular flexibility index (Phi) is 6.86. The number of likely N-dealkylation sites (tertiary alicyclic amines) is 1. The molecule has 2 saturated heterocycles. The average molecular weight is 475 g/mol. The van der Waals surface area contributed by atoms with E-state index in [4.69, 9.17) is 18.9 Å². The average Bonchev–Trinajstić information content (AvgIpc) is 3.30. The Morgan fingerprint density at radius 1 is 1.06 bits per heavy atom. The van der Waals surface area contributed by atoms with E-state index in [-0.39, 0.29) is 24.2 Å². The smallest absolute Gasteiger partial charge is 0.257 e. The van der Waals surface area contributed by atoms with Crippen molar-refractivity contribution in [1.82, 2.24) is 9.88 Å². The lowest BCUT2D eigenvalue weighted by atomic mass is 9.87. The molecule has 2 aromatic carbocycles. The number of carbonyl (C=O) groups excluding carboxylic acids is 1. The number of hydrogen-bond donors (Lipinski definition) is 0. The minimum atomic E-state index is -0.233. The molecule has 1 aromatic heterocycles. The number of piperidine rings is 1. The molecule has 1 atom stereocenters. The molecular formula is C28H30N2O5. The molecule has 35 heavy (non-hydrogen) atoms. The first kappa shape index (κ1) is 23.2. The molecule has 7 heteroatoms. The number of hydrogen-bond acceptors (Lipinski definition) is 6. The Morgan fingerprint density at radius 2 is 1.86 bits per heavy atom. The molecule has 0 aliphatic carbocycles. The second-order valence-corrected chi connectivity index (χ2v) is 8.99. The van der Waals surface area contributed by atoms with Crippen molar-refractivity contribution in [2.45, 2.75) is 37.6 Å². The van der Waals surface area contributed by atoms with Crippen molar-refractivity contribution >= 4 is 5.91 Å². The first-order valence-electron chi connectivity index (χ1n) is 12.0. The van der Waals surface area contributed by atoms with Crippen LogP contribution in [0.1, 0.15) is 35.3 Å². The summed E-state index contributed by atoms with van der Waals surface area (Å²) in [5.74, 6) is 1.77. The molecule has 0 bridgehead atoms. The SMILES string of the molecule is COc1cccc(C(=O)N2CCC3(CC2)C[C@H](Oc2ccccc2)CO3)c1OCc1ccccn1. The first-order chi connectivity index (χ1) is 17.2. The summed E-state index contributed by atoms with van der Waals surface area (Å²) in [6.45, 7) is 2.06. The summed E-state index contributed by atoms with van der Waals surface area (Å²) < 4.78 is 23.9. The zero-order valence-electron chi connectivity index (χ0n) is 19.9. The molecule has 0 N–H and O–H groups in total. The van der Waals surface area contributed by atoms with Gasteiger partial charge in [0.05, 0.1) is 30.6 Å². The lowest BCUT2D eigenvalue weighted by Gasteiger charge is -2.38. The number of nitrogens with zero attached hydrogens (tertiary/aromatic N) is 2. The number of methoxy groups -OCH3 is 1. The fourth-order valence-electron chi connectivity index (χ4n) is 4.83. The second-order valence-electron chi connectivity index (χ2n) is 8.99. The minimum Gasteiger partial charge on any atom is -0.493 e. The maximum absolute atomic E-state index is 13.5. The van der Waals surface area contributed by atoms with Crippen LogP contribution in [0.4, 0.5) is 0 Å². The van der Waals surface area contributed by atoms with Crippen molar-refractivity contribution in [3.05, 3.63) is 84.2 Å². The van der Waals surface area contributed by atoms with Crippen LogP contribution < -0.4 is 14.2 Å². The van der Waals surface area contributed by atoms with Gasteiger partial charge < -0.3 is 23.8 Å². The number of ether oxygens (including phenoxy) is 4. The molecule has 3 aromatic rings. The number of para-hydroxylation sites is 2. The lowest BCUT2D eigenvalue weighted by molar-refractivity contribution is -0.0396. The third-order valence-electron chi connectivity index (χ3n) is 6.70. The third kappa shape index (κ3) is 5.25. The standard InChI is InChI=1S/C28H30N2O5/c1-32-25-12-7-11-24(26(25)33-19-21-8-5-6-15-29-21)27(31)30-16-13-28(14-17-30)18-23(20-34-28)35-22-9-3-2-4-10-22/h2-12,15,23H,13-14,16-20H2,1H3/t23-/m0/s1. The van der Waals surface area contributed by atoms with Crippen LogP contribution in [0.15, 0.2) is 72.9 Å². The van der Waals surface area contributed by atoms with Gasteiger partial charge >= 0.3 is 0 Å². The van der Waals surface area contributed by atoms with Crippen LogP contribution in [0.25, 0.3) is 0 Å². The first-order valence-corrected chi connectivity index (χ1v) is 12.0. The van der Waals surface area contributed by atoms with Crippen LogP contribution in [-0.2, 0) is 11.3 Å². The van der Waals surface area contributed by atoms with Gasteiger partial charge in [-0.05, 0) is 49.2 Å². The van der Waals surface area contributed by atoms with Gasteiger partial charge in [0.15, 0.2) is 11.5 Å². The van der Waals surface area contributed by atoms with Gasteiger partial charge in [-0.2, -0.15) is 0 Å². The highest BCUT2D eigenvalue weighted by Gasteiger charge is 2.44. The molecule has 5 rings (SSSR count). The van der Waals surface area contributed by atoms with Crippen LogP contribution in [0.3, 0.4) is 0 Å². The highest BCUT2D eigenvalue weighted by atomic mass is 16.6. The van der Waals surface area contributed by atoms with Crippen LogP contribution in [0.5, 0.6) is 17.2 Å². The van der Waals surface area contributed by atoms with E-state index in [1.807, 2.05) is 59.5 Å². The van der Waals surface area contributed by atoms with Gasteiger partial charge in [-0.25, -0.2) is 0 Å². The van der Waals surface area contributed by atoms with Gasteiger partial charge in [0.1, 0.15) is 18.5 Å². The summed E-state index contributed by atoms with van der Waals surface area (Å²) in [7, 11) is 1.58. The maximum Gasteiger partial charge on any atom is 0.257 e. The van der Waals surface area contributed by atoms with E-state index in [0.29, 0.717) is 36.8 Å². The molecule has 7 nitrogen and oxygen atoms in total. The highest BCUT2D eigenvalue weighted by molar-refractivity contribution is 5.98. The van der Waals surface area contributed by atoms with E-state index in [9.17, 15) is 4.79 Å². The Balaban J connectivity index is 1.23. The van der Waals surface area contributed by atoms with E-state index < -0.39 is 0 Å². The molecule has 0 radical (unpaired) electrons. The van der Waals surface area contributed by atoms with Crippen molar-refractivity contribution in [3.8, 4) is 17.2 Å². The molecule has 3 heterocycles. The van der Waals surface area contributed by atoms with Gasteiger partial charge in [0.2, 0.25) is 0 Å². The molecule has 2 aliphatic heterocycles. The summed E-state index contributed by atoms with van der Waals surface area (Å²) in [6.07, 6.45) is 4.14. The van der Waals surface area contributed by atoms with Gasteiger partial charge in [0.25, 0.3) is 5.91 Å². The number of amides is 1. The van der Waals surface area contributed by atoms with Crippen molar-refractivity contribution in [3.63, 3.8) is 0 Å². The van der Waals surface area contributed by atoms with Gasteiger partial charge in [0, 0.05) is 25.7 Å². The molecule has 182 valence electrons. The lowest BCUT2D eigenvalue weighted by Crippen LogP contribution is -2.46. The molecule has 1 spiro atoms. The van der Waals surface area contributed by atoms with Crippen LogP contribution in [-0.4, -0.2) is 54.3 Å². The molecule has 2 fully saturated rings. The zero-order valence-corrected chi connectivity index (χ0v) is 19.9. The van der Waals surface area contributed by atoms with Crippen molar-refractivity contribution in [2.24, 2.45) is 0 Å². The minimum absolute atomic E-state index is 0.0321. The number of benzene rings is 2. The van der Waals surface area contributed by atoms with Crippen LogP contribution >= 0.6 is 0 Å². The van der Waals surface area contributed by atoms with Crippen LogP contribution in [0, 0.1) is 0 Å². The predicted molar refractivity (Wildman–Crippen MR) is 131 cm³/mol.